The van der Waals surface area contributed by atoms with Gasteiger partial charge in [0.25, 0.3) is 0 Å². The number of rotatable bonds is 5. The second-order valence-corrected chi connectivity index (χ2v) is 3.25. The quantitative estimate of drug-likeness (QED) is 0.324. The van der Waals surface area contributed by atoms with E-state index in [1.807, 2.05) is 30.3 Å². The molecule has 1 atom stereocenters. The van der Waals surface area contributed by atoms with E-state index in [-0.39, 0.29) is 36.1 Å². The van der Waals surface area contributed by atoms with Crippen molar-refractivity contribution in [3.63, 3.8) is 0 Å². The second kappa shape index (κ2) is 8.25. The Kier molecular flexibility index (Phi) is 7.82. The molecule has 0 heterocycles. The van der Waals surface area contributed by atoms with Gasteiger partial charge in [0.2, 0.25) is 0 Å². The third kappa shape index (κ3) is 6.43. The minimum atomic E-state index is -1.67. The fourth-order valence-electron chi connectivity index (χ4n) is 1.08. The molecule has 0 saturated heterocycles. The third-order valence-corrected chi connectivity index (χ3v) is 1.93. The number of carbonyl (C=O) groups is 1. The summed E-state index contributed by atoms with van der Waals surface area (Å²) in [5.74, 6) is -2.03. The summed E-state index contributed by atoms with van der Waals surface area (Å²) in [5, 5.41) is 28.4. The Balaban J connectivity index is 0.00000256. The maximum Gasteiger partial charge on any atom is 1.00 e. The van der Waals surface area contributed by atoms with Crippen LogP contribution in [0.15, 0.2) is 35.3 Å². The maximum absolute atomic E-state index is 11.1. The number of hydrogen-bond acceptors (Lipinski definition) is 4. The average Bonchev–Trinajstić information content (AvgIpc) is 2.27. The van der Waals surface area contributed by atoms with Crippen molar-refractivity contribution in [1.29, 1.82) is 0 Å². The number of nitrogens with zero attached hydrogens (tertiary/aromatic N) is 1. The van der Waals surface area contributed by atoms with E-state index in [0.29, 0.717) is 0 Å². The number of benzene rings is 1. The third-order valence-electron chi connectivity index (χ3n) is 1.93. The van der Waals surface area contributed by atoms with Crippen LogP contribution in [0.5, 0.6) is 0 Å². The molecule has 0 aromatic heterocycles. The molecule has 0 aliphatic carbocycles. The van der Waals surface area contributed by atoms with E-state index in [2.05, 4.69) is 4.99 Å². The second-order valence-electron chi connectivity index (χ2n) is 3.25. The first-order valence-electron chi connectivity index (χ1n) is 4.74. The zero-order valence-corrected chi connectivity index (χ0v) is 11.5. The van der Waals surface area contributed by atoms with Crippen LogP contribution in [0.2, 0.25) is 0 Å². The summed E-state index contributed by atoms with van der Waals surface area (Å²) in [6.45, 7) is 0.200. The van der Waals surface area contributed by atoms with Crippen LogP contribution in [0.3, 0.4) is 0 Å². The summed E-state index contributed by atoms with van der Waals surface area (Å²) in [6.07, 6.45) is -2.16. The van der Waals surface area contributed by atoms with Crippen LogP contribution < -0.4 is 34.7 Å². The molecule has 1 aromatic carbocycles. The van der Waals surface area contributed by atoms with Gasteiger partial charge in [-0.3, -0.25) is 0 Å². The fraction of sp³-hybridized carbons (Fsp3) is 0.273. The van der Waals surface area contributed by atoms with Crippen molar-refractivity contribution in [2.75, 3.05) is 0 Å². The van der Waals surface area contributed by atoms with Crippen LogP contribution in [0.1, 0.15) is 12.0 Å². The topological polar surface area (TPSA) is 93.0 Å². The molecule has 0 bridgehead atoms. The molecular formula is C11H12NNaO4. The maximum atomic E-state index is 11.1. The summed E-state index contributed by atoms with van der Waals surface area (Å²) >= 11 is 0. The summed E-state index contributed by atoms with van der Waals surface area (Å²) in [4.78, 5) is 13.9. The molecule has 86 valence electrons. The zero-order chi connectivity index (χ0) is 12.0. The van der Waals surface area contributed by atoms with Crippen LogP contribution in [0, 0.1) is 0 Å². The van der Waals surface area contributed by atoms with Crippen LogP contribution in [0.4, 0.5) is 0 Å². The van der Waals surface area contributed by atoms with E-state index in [1.54, 1.807) is 0 Å². The number of aliphatic imine (C=N–C) groups is 1. The smallest absolute Gasteiger partial charge is 0.862 e. The predicted octanol–water partition coefficient (Wildman–Crippen LogP) is -3.21. The molecule has 0 fully saturated rings. The average molecular weight is 245 g/mol. The standard InChI is InChI=1S/C11H13NO4.Na/c13-9(11(15)16)6-10(14)12-7-8-4-2-1-3-5-8;/h1-5,9,13H,6-7H2,(H,12,14)(H,15,16);/q;+1/p-1/t9-;/m1./s1. The number of aliphatic hydroxyl groups is 1. The zero-order valence-electron chi connectivity index (χ0n) is 9.54. The molecule has 0 radical (unpaired) electrons. The van der Waals surface area contributed by atoms with Crippen LogP contribution in [0.25, 0.3) is 0 Å². The Hall–Kier alpha value is -0.880. The van der Waals surface area contributed by atoms with Crippen LogP contribution >= 0.6 is 0 Å². The molecule has 6 heteroatoms. The molecule has 1 aromatic rings. The van der Waals surface area contributed by atoms with Gasteiger partial charge < -0.3 is 20.3 Å². The number of carboxylic acid groups (broad SMARTS) is 1. The van der Waals surface area contributed by atoms with E-state index in [4.69, 9.17) is 10.2 Å². The van der Waals surface area contributed by atoms with E-state index in [1.165, 1.54) is 0 Å². The molecule has 5 nitrogen and oxygen atoms in total. The number of hydrogen-bond donors (Lipinski definition) is 2. The fourth-order valence-corrected chi connectivity index (χ4v) is 1.08. The van der Waals surface area contributed by atoms with Gasteiger partial charge in [0.05, 0.1) is 6.54 Å². The van der Waals surface area contributed by atoms with Crippen molar-refractivity contribution < 1.29 is 49.7 Å². The minimum absolute atomic E-state index is 0. The SMILES string of the molecule is O=C(O)[C@H](O)CC([O-])=NCc1ccccc1.[Na+]. The van der Waals surface area contributed by atoms with Crippen molar-refractivity contribution in [3.05, 3.63) is 35.9 Å². The van der Waals surface area contributed by atoms with E-state index >= 15 is 0 Å². The number of aliphatic carboxylic acids is 1. The molecular weight excluding hydrogens is 233 g/mol. The van der Waals surface area contributed by atoms with E-state index in [0.717, 1.165) is 5.56 Å². The van der Waals surface area contributed by atoms with Gasteiger partial charge in [0, 0.05) is 6.42 Å². The summed E-state index contributed by atoms with van der Waals surface area (Å²) in [5.41, 5.74) is 0.862. The Morgan fingerprint density at radius 3 is 2.47 bits per heavy atom. The van der Waals surface area contributed by atoms with Gasteiger partial charge in [-0.2, -0.15) is 0 Å². The first kappa shape index (κ1) is 16.1. The minimum Gasteiger partial charge on any atom is -0.862 e. The number of carboxylic acids is 1. The largest absolute Gasteiger partial charge is 1.00 e. The van der Waals surface area contributed by atoms with Gasteiger partial charge >= 0.3 is 35.5 Å². The Labute approximate surface area is 121 Å². The normalized spacial score (nSPS) is 12.6. The Morgan fingerprint density at radius 1 is 1.35 bits per heavy atom. The van der Waals surface area contributed by atoms with E-state index < -0.39 is 24.4 Å². The van der Waals surface area contributed by atoms with Gasteiger partial charge in [0.1, 0.15) is 0 Å². The molecule has 0 aliphatic rings. The molecule has 0 unspecified atom stereocenters. The van der Waals surface area contributed by atoms with Gasteiger partial charge in [-0.15, -0.1) is 0 Å². The summed E-state index contributed by atoms with van der Waals surface area (Å²) in [7, 11) is 0. The van der Waals surface area contributed by atoms with E-state index in [9.17, 15) is 9.90 Å². The molecule has 17 heavy (non-hydrogen) atoms. The van der Waals surface area contributed by atoms with Crippen LogP contribution in [-0.2, 0) is 11.3 Å². The molecule has 0 spiro atoms. The first-order valence-corrected chi connectivity index (χ1v) is 4.74. The monoisotopic (exact) mass is 245 g/mol. The van der Waals surface area contributed by atoms with Crippen molar-refractivity contribution in [2.24, 2.45) is 4.99 Å². The van der Waals surface area contributed by atoms with Crippen LogP contribution in [-0.4, -0.2) is 28.2 Å². The first-order chi connectivity index (χ1) is 7.59. The predicted molar refractivity (Wildman–Crippen MR) is 55.8 cm³/mol. The molecule has 1 rings (SSSR count). The van der Waals surface area contributed by atoms with Crippen molar-refractivity contribution in [1.82, 2.24) is 0 Å². The van der Waals surface area contributed by atoms with Crippen molar-refractivity contribution in [2.45, 2.75) is 19.1 Å². The van der Waals surface area contributed by atoms with Gasteiger partial charge in [-0.25, -0.2) is 4.79 Å². The Bertz CT molecular complexity index is 380. The molecule has 0 aliphatic heterocycles. The summed E-state index contributed by atoms with van der Waals surface area (Å²) in [6, 6.07) is 9.11. The van der Waals surface area contributed by atoms with Gasteiger partial charge in [-0.1, -0.05) is 30.3 Å². The number of aliphatic hydroxyl groups excluding tert-OH is 1. The van der Waals surface area contributed by atoms with Gasteiger partial charge in [-0.05, 0) is 11.5 Å². The van der Waals surface area contributed by atoms with Crippen molar-refractivity contribution in [3.8, 4) is 0 Å². The van der Waals surface area contributed by atoms with Crippen molar-refractivity contribution >= 4 is 11.9 Å². The summed E-state index contributed by atoms with van der Waals surface area (Å²) < 4.78 is 0. The Morgan fingerprint density at radius 2 is 1.94 bits per heavy atom. The molecule has 0 saturated carbocycles. The molecule has 2 N–H and O–H groups in total. The molecule has 0 amide bonds. The van der Waals surface area contributed by atoms with Gasteiger partial charge in [0.15, 0.2) is 6.10 Å².